The number of benzene rings is 2. The summed E-state index contributed by atoms with van der Waals surface area (Å²) < 4.78 is 21.4. The molecule has 142 valence electrons. The van der Waals surface area contributed by atoms with Crippen LogP contribution in [0.2, 0.25) is 5.02 Å². The number of nitrogens with one attached hydrogen (secondary N) is 1. The minimum atomic E-state index is -0.656. The van der Waals surface area contributed by atoms with E-state index < -0.39 is 18.5 Å². The van der Waals surface area contributed by atoms with Crippen molar-refractivity contribution in [2.24, 2.45) is 0 Å². The molecule has 0 bridgehead atoms. The molecule has 0 spiro atoms. The van der Waals surface area contributed by atoms with Crippen LogP contribution in [0.15, 0.2) is 48.5 Å². The maximum atomic E-state index is 11.8. The lowest BCUT2D eigenvalue weighted by molar-refractivity contribution is -0.150. The van der Waals surface area contributed by atoms with Crippen LogP contribution < -0.4 is 19.5 Å². The summed E-state index contributed by atoms with van der Waals surface area (Å²) in [5, 5.41) is 3.14. The molecular formula is C19H18ClNO6. The van der Waals surface area contributed by atoms with Gasteiger partial charge < -0.3 is 24.3 Å². The Morgan fingerprint density at radius 1 is 1.11 bits per heavy atom. The third kappa shape index (κ3) is 5.79. The number of fused-ring (bicyclic) bond motifs is 1. The van der Waals surface area contributed by atoms with E-state index in [1.165, 1.54) is 0 Å². The second-order valence-electron chi connectivity index (χ2n) is 5.71. The molecule has 1 heterocycles. The molecule has 8 heteroatoms. The second-order valence-corrected chi connectivity index (χ2v) is 6.14. The lowest BCUT2D eigenvalue weighted by Gasteiger charge is -2.26. The highest BCUT2D eigenvalue weighted by Gasteiger charge is 2.21. The molecule has 0 saturated heterocycles. The molecule has 1 N–H and O–H groups in total. The monoisotopic (exact) mass is 391 g/mol. The molecule has 1 atom stereocenters. The van der Waals surface area contributed by atoms with E-state index >= 15 is 0 Å². The molecule has 7 nitrogen and oxygen atoms in total. The van der Waals surface area contributed by atoms with E-state index in [0.29, 0.717) is 28.9 Å². The number of para-hydroxylation sites is 2. The first-order chi connectivity index (χ1) is 13.1. The smallest absolute Gasteiger partial charge is 0.344 e. The summed E-state index contributed by atoms with van der Waals surface area (Å²) in [6.07, 6.45) is -0.314. The minimum absolute atomic E-state index is 0.240. The van der Waals surface area contributed by atoms with Crippen molar-refractivity contribution in [1.82, 2.24) is 5.32 Å². The van der Waals surface area contributed by atoms with Gasteiger partial charge in [0.25, 0.3) is 5.91 Å². The largest absolute Gasteiger partial charge is 0.486 e. The van der Waals surface area contributed by atoms with E-state index in [4.69, 9.17) is 30.5 Å². The first-order valence-corrected chi connectivity index (χ1v) is 8.67. The number of halogens is 1. The fourth-order valence-electron chi connectivity index (χ4n) is 2.33. The van der Waals surface area contributed by atoms with Crippen LogP contribution in [0.4, 0.5) is 0 Å². The quantitative estimate of drug-likeness (QED) is 0.729. The summed E-state index contributed by atoms with van der Waals surface area (Å²) in [6.45, 7) is -0.153. The maximum Gasteiger partial charge on any atom is 0.344 e. The summed E-state index contributed by atoms with van der Waals surface area (Å²) in [6, 6.07) is 13.9. The summed E-state index contributed by atoms with van der Waals surface area (Å²) in [7, 11) is 0. The van der Waals surface area contributed by atoms with Gasteiger partial charge in [-0.3, -0.25) is 4.79 Å². The van der Waals surface area contributed by atoms with Crippen LogP contribution in [-0.2, 0) is 14.3 Å². The zero-order valence-corrected chi connectivity index (χ0v) is 15.1. The molecule has 0 unspecified atom stereocenters. The van der Waals surface area contributed by atoms with Crippen molar-refractivity contribution in [3.8, 4) is 17.2 Å². The van der Waals surface area contributed by atoms with Crippen molar-refractivity contribution in [2.75, 3.05) is 26.4 Å². The Kier molecular flexibility index (Phi) is 6.38. The zero-order chi connectivity index (χ0) is 19.1. The van der Waals surface area contributed by atoms with Gasteiger partial charge in [0.2, 0.25) is 0 Å². The van der Waals surface area contributed by atoms with Crippen LogP contribution in [-0.4, -0.2) is 44.3 Å². The van der Waals surface area contributed by atoms with Gasteiger partial charge in [0.15, 0.2) is 24.7 Å². The third-order valence-electron chi connectivity index (χ3n) is 3.61. The van der Waals surface area contributed by atoms with E-state index in [1.807, 2.05) is 18.2 Å². The second kappa shape index (κ2) is 9.14. The molecule has 1 amide bonds. The Morgan fingerprint density at radius 2 is 1.93 bits per heavy atom. The molecule has 27 heavy (non-hydrogen) atoms. The van der Waals surface area contributed by atoms with Gasteiger partial charge in [-0.1, -0.05) is 29.8 Å². The van der Waals surface area contributed by atoms with E-state index in [0.717, 1.165) is 0 Å². The Bertz CT molecular complexity index is 812. The zero-order valence-electron chi connectivity index (χ0n) is 14.4. The molecular weight excluding hydrogens is 374 g/mol. The standard InChI is InChI=1S/C19H18ClNO6/c20-13-4-3-5-14(8-13)24-12-19(23)26-11-18(22)21-9-15-10-25-16-6-1-2-7-17(16)27-15/h1-8,15H,9-12H2,(H,21,22)/t15-/m1/s1. The SMILES string of the molecule is O=C(COC(=O)COc1cccc(Cl)c1)NC[C@@H]1COc2ccccc2O1. The first-order valence-electron chi connectivity index (χ1n) is 8.29. The topological polar surface area (TPSA) is 83.1 Å². The molecule has 0 radical (unpaired) electrons. The molecule has 3 rings (SSSR count). The van der Waals surface area contributed by atoms with Gasteiger partial charge in [-0.15, -0.1) is 0 Å². The van der Waals surface area contributed by atoms with Gasteiger partial charge in [-0.2, -0.15) is 0 Å². The van der Waals surface area contributed by atoms with Gasteiger partial charge in [0.1, 0.15) is 18.5 Å². The Balaban J connectivity index is 1.33. The van der Waals surface area contributed by atoms with Crippen LogP contribution in [0.3, 0.4) is 0 Å². The van der Waals surface area contributed by atoms with E-state index in [9.17, 15) is 9.59 Å². The fraction of sp³-hybridized carbons (Fsp3) is 0.263. The van der Waals surface area contributed by atoms with Gasteiger partial charge in [-0.25, -0.2) is 4.79 Å². The van der Waals surface area contributed by atoms with Gasteiger partial charge in [0.05, 0.1) is 6.54 Å². The van der Waals surface area contributed by atoms with Gasteiger partial charge in [0, 0.05) is 5.02 Å². The fourth-order valence-corrected chi connectivity index (χ4v) is 2.51. The molecule has 2 aromatic rings. The van der Waals surface area contributed by atoms with Crippen LogP contribution in [0.5, 0.6) is 17.2 Å². The minimum Gasteiger partial charge on any atom is -0.486 e. The number of hydrogen-bond donors (Lipinski definition) is 1. The summed E-state index contributed by atoms with van der Waals surface area (Å²) in [4.78, 5) is 23.5. The van der Waals surface area contributed by atoms with Crippen molar-refractivity contribution in [3.63, 3.8) is 0 Å². The highest BCUT2D eigenvalue weighted by Crippen LogP contribution is 2.30. The number of amides is 1. The highest BCUT2D eigenvalue weighted by atomic mass is 35.5. The molecule has 1 aliphatic rings. The first kappa shape index (κ1) is 18.8. The van der Waals surface area contributed by atoms with E-state index in [1.54, 1.807) is 30.3 Å². The Morgan fingerprint density at radius 3 is 2.74 bits per heavy atom. The van der Waals surface area contributed by atoms with Crippen molar-refractivity contribution in [3.05, 3.63) is 53.6 Å². The van der Waals surface area contributed by atoms with Crippen molar-refractivity contribution >= 4 is 23.5 Å². The van der Waals surface area contributed by atoms with E-state index in [-0.39, 0.29) is 19.3 Å². The number of carbonyl (C=O) groups excluding carboxylic acids is 2. The average Bonchev–Trinajstić information content (AvgIpc) is 2.69. The predicted octanol–water partition coefficient (Wildman–Crippen LogP) is 2.22. The third-order valence-corrected chi connectivity index (χ3v) is 3.85. The lowest BCUT2D eigenvalue weighted by atomic mass is 10.2. The molecule has 0 fully saturated rings. The molecule has 0 aliphatic carbocycles. The average molecular weight is 392 g/mol. The summed E-state index contributed by atoms with van der Waals surface area (Å²) in [5.41, 5.74) is 0. The number of hydrogen-bond acceptors (Lipinski definition) is 6. The van der Waals surface area contributed by atoms with Crippen LogP contribution in [0, 0.1) is 0 Å². The van der Waals surface area contributed by atoms with Crippen molar-refractivity contribution < 1.29 is 28.5 Å². The van der Waals surface area contributed by atoms with Gasteiger partial charge in [-0.05, 0) is 30.3 Å². The Labute approximate surface area is 161 Å². The Hall–Kier alpha value is -2.93. The maximum absolute atomic E-state index is 11.8. The predicted molar refractivity (Wildman–Crippen MR) is 97.3 cm³/mol. The van der Waals surface area contributed by atoms with Crippen LogP contribution in [0.25, 0.3) is 0 Å². The van der Waals surface area contributed by atoms with E-state index in [2.05, 4.69) is 5.32 Å². The lowest BCUT2D eigenvalue weighted by Crippen LogP contribution is -2.42. The van der Waals surface area contributed by atoms with Crippen molar-refractivity contribution in [2.45, 2.75) is 6.10 Å². The normalized spacial score (nSPS) is 14.9. The summed E-state index contributed by atoms with van der Waals surface area (Å²) >= 11 is 5.82. The highest BCUT2D eigenvalue weighted by molar-refractivity contribution is 6.30. The number of esters is 1. The number of carbonyl (C=O) groups is 2. The molecule has 0 saturated carbocycles. The van der Waals surface area contributed by atoms with Crippen LogP contribution in [0.1, 0.15) is 0 Å². The molecule has 0 aromatic heterocycles. The van der Waals surface area contributed by atoms with Crippen LogP contribution >= 0.6 is 11.6 Å². The number of ether oxygens (including phenoxy) is 4. The molecule has 2 aromatic carbocycles. The van der Waals surface area contributed by atoms with Crippen molar-refractivity contribution in [1.29, 1.82) is 0 Å². The molecule has 1 aliphatic heterocycles. The van der Waals surface area contributed by atoms with Gasteiger partial charge >= 0.3 is 5.97 Å². The number of rotatable bonds is 7. The summed E-state index contributed by atoms with van der Waals surface area (Å²) in [5.74, 6) is 0.657.